The molecule has 1 rings (SSSR count). The van der Waals surface area contributed by atoms with E-state index in [1.165, 1.54) is 13.8 Å². The van der Waals surface area contributed by atoms with Gasteiger partial charge in [-0.1, -0.05) is 13.3 Å². The summed E-state index contributed by atoms with van der Waals surface area (Å²) in [7, 11) is 0. The van der Waals surface area contributed by atoms with Gasteiger partial charge in [0.05, 0.1) is 0 Å². The molecule has 21 heavy (non-hydrogen) atoms. The second-order valence-corrected chi connectivity index (χ2v) is 5.10. The molecule has 1 atom stereocenters. The molecular formula is C15H20N2O4. The number of amides is 2. The fourth-order valence-electron chi connectivity index (χ4n) is 1.92. The number of benzene rings is 1. The average Bonchev–Trinajstić information content (AvgIpc) is 2.39. The topological polar surface area (TPSA) is 95.5 Å². The highest BCUT2D eigenvalue weighted by Crippen LogP contribution is 2.14. The van der Waals surface area contributed by atoms with Crippen LogP contribution in [0.3, 0.4) is 0 Å². The van der Waals surface area contributed by atoms with Gasteiger partial charge in [-0.25, -0.2) is 9.59 Å². The Balaban J connectivity index is 2.72. The van der Waals surface area contributed by atoms with E-state index in [9.17, 15) is 19.5 Å². The summed E-state index contributed by atoms with van der Waals surface area (Å²) in [5.41, 5.74) is -0.276. The molecule has 1 unspecified atom stereocenters. The maximum Gasteiger partial charge on any atom is 0.329 e. The van der Waals surface area contributed by atoms with Gasteiger partial charge in [-0.15, -0.1) is 0 Å². The Morgan fingerprint density at radius 3 is 2.19 bits per heavy atom. The molecule has 0 aliphatic carbocycles. The molecule has 0 heterocycles. The minimum atomic E-state index is -1.31. The van der Waals surface area contributed by atoms with Gasteiger partial charge in [0.15, 0.2) is 5.78 Å². The number of carbonyl (C=O) groups excluding carboxylic acids is 2. The summed E-state index contributed by atoms with van der Waals surface area (Å²) in [5.74, 6) is -1.14. The van der Waals surface area contributed by atoms with Crippen molar-refractivity contribution in [2.75, 3.05) is 5.32 Å². The summed E-state index contributed by atoms with van der Waals surface area (Å²) in [6.07, 6.45) is 0.968. The van der Waals surface area contributed by atoms with Crippen LogP contribution < -0.4 is 10.6 Å². The molecular weight excluding hydrogens is 272 g/mol. The standard InChI is InChI=1S/C15H20N2O4/c1-4-9-15(3,13(19)20)17-14(21)16-12-7-5-11(6-8-12)10(2)18/h5-8H,4,9H2,1-3H3,(H,19,20)(H2,16,17,21). The first-order valence-corrected chi connectivity index (χ1v) is 6.72. The van der Waals surface area contributed by atoms with Gasteiger partial charge in [-0.3, -0.25) is 4.79 Å². The molecule has 0 saturated heterocycles. The first kappa shape index (κ1) is 16.7. The van der Waals surface area contributed by atoms with Crippen LogP contribution in [-0.2, 0) is 4.79 Å². The zero-order chi connectivity index (χ0) is 16.0. The quantitative estimate of drug-likeness (QED) is 0.702. The second kappa shape index (κ2) is 6.88. The van der Waals surface area contributed by atoms with Gasteiger partial charge >= 0.3 is 12.0 Å². The first-order chi connectivity index (χ1) is 9.78. The average molecular weight is 292 g/mol. The van der Waals surface area contributed by atoms with E-state index >= 15 is 0 Å². The maximum atomic E-state index is 11.9. The molecule has 0 aliphatic heterocycles. The van der Waals surface area contributed by atoms with Crippen LogP contribution in [0.2, 0.25) is 0 Å². The van der Waals surface area contributed by atoms with E-state index in [4.69, 9.17) is 0 Å². The fraction of sp³-hybridized carbons (Fsp3) is 0.400. The molecule has 1 aromatic carbocycles. The van der Waals surface area contributed by atoms with Gasteiger partial charge in [0.25, 0.3) is 0 Å². The van der Waals surface area contributed by atoms with Crippen LogP contribution in [0.1, 0.15) is 44.0 Å². The number of urea groups is 1. The number of carboxylic acid groups (broad SMARTS) is 1. The van der Waals surface area contributed by atoms with Crippen molar-refractivity contribution in [3.8, 4) is 0 Å². The molecule has 3 N–H and O–H groups in total. The number of carboxylic acids is 1. The third-order valence-electron chi connectivity index (χ3n) is 3.16. The Kier molecular flexibility index (Phi) is 5.46. The summed E-state index contributed by atoms with van der Waals surface area (Å²) in [6.45, 7) is 4.77. The monoisotopic (exact) mass is 292 g/mol. The van der Waals surface area contributed by atoms with Gasteiger partial charge in [0.1, 0.15) is 5.54 Å². The molecule has 0 bridgehead atoms. The van der Waals surface area contributed by atoms with Crippen molar-refractivity contribution in [1.82, 2.24) is 5.32 Å². The predicted molar refractivity (Wildman–Crippen MR) is 79.5 cm³/mol. The van der Waals surface area contributed by atoms with E-state index in [1.807, 2.05) is 6.92 Å². The Morgan fingerprint density at radius 1 is 1.19 bits per heavy atom. The van der Waals surface area contributed by atoms with E-state index in [0.717, 1.165) is 0 Å². The fourth-order valence-corrected chi connectivity index (χ4v) is 1.92. The molecule has 0 aliphatic rings. The molecule has 0 spiro atoms. The minimum absolute atomic E-state index is 0.0626. The smallest absolute Gasteiger partial charge is 0.329 e. The highest BCUT2D eigenvalue weighted by Gasteiger charge is 2.33. The van der Waals surface area contributed by atoms with Crippen LogP contribution in [0.15, 0.2) is 24.3 Å². The molecule has 0 radical (unpaired) electrons. The number of nitrogens with one attached hydrogen (secondary N) is 2. The largest absolute Gasteiger partial charge is 0.480 e. The molecule has 6 heteroatoms. The summed E-state index contributed by atoms with van der Waals surface area (Å²) >= 11 is 0. The zero-order valence-corrected chi connectivity index (χ0v) is 12.4. The van der Waals surface area contributed by atoms with Gasteiger partial charge in [0.2, 0.25) is 0 Å². The molecule has 6 nitrogen and oxygen atoms in total. The number of ketones is 1. The van der Waals surface area contributed by atoms with E-state index in [1.54, 1.807) is 24.3 Å². The summed E-state index contributed by atoms with van der Waals surface area (Å²) < 4.78 is 0. The number of hydrogen-bond donors (Lipinski definition) is 3. The zero-order valence-electron chi connectivity index (χ0n) is 12.4. The van der Waals surface area contributed by atoms with Gasteiger partial charge < -0.3 is 15.7 Å². The summed E-state index contributed by atoms with van der Waals surface area (Å²) in [6, 6.07) is 5.78. The summed E-state index contributed by atoms with van der Waals surface area (Å²) in [5, 5.41) is 14.2. The van der Waals surface area contributed by atoms with E-state index in [2.05, 4.69) is 10.6 Å². The van der Waals surface area contributed by atoms with Crippen molar-refractivity contribution in [2.45, 2.75) is 39.2 Å². The lowest BCUT2D eigenvalue weighted by atomic mass is 9.97. The number of rotatable bonds is 6. The SMILES string of the molecule is CCCC(C)(NC(=O)Nc1ccc(C(C)=O)cc1)C(=O)O. The Morgan fingerprint density at radius 2 is 1.76 bits per heavy atom. The van der Waals surface area contributed by atoms with Gasteiger partial charge in [0, 0.05) is 11.3 Å². The molecule has 2 amide bonds. The molecule has 1 aromatic rings. The highest BCUT2D eigenvalue weighted by atomic mass is 16.4. The Bertz CT molecular complexity index is 539. The van der Waals surface area contributed by atoms with Crippen LogP contribution >= 0.6 is 0 Å². The van der Waals surface area contributed by atoms with Gasteiger partial charge in [-0.2, -0.15) is 0 Å². The van der Waals surface area contributed by atoms with E-state index < -0.39 is 17.5 Å². The Hall–Kier alpha value is -2.37. The third kappa shape index (κ3) is 4.59. The second-order valence-electron chi connectivity index (χ2n) is 5.10. The van der Waals surface area contributed by atoms with E-state index in [0.29, 0.717) is 24.1 Å². The third-order valence-corrected chi connectivity index (χ3v) is 3.16. The predicted octanol–water partition coefficient (Wildman–Crippen LogP) is 2.65. The van der Waals surface area contributed by atoms with Gasteiger partial charge in [-0.05, 0) is 44.5 Å². The molecule has 0 saturated carbocycles. The molecule has 0 aromatic heterocycles. The van der Waals surface area contributed by atoms with Crippen molar-refractivity contribution >= 4 is 23.5 Å². The number of aliphatic carboxylic acids is 1. The van der Waals surface area contributed by atoms with Crippen LogP contribution in [-0.4, -0.2) is 28.4 Å². The number of anilines is 1. The first-order valence-electron chi connectivity index (χ1n) is 6.72. The summed E-state index contributed by atoms with van der Waals surface area (Å²) in [4.78, 5) is 34.3. The van der Waals surface area contributed by atoms with Crippen LogP contribution in [0.5, 0.6) is 0 Å². The highest BCUT2D eigenvalue weighted by molar-refractivity contribution is 5.96. The molecule has 0 fully saturated rings. The number of carbonyl (C=O) groups is 3. The van der Waals surface area contributed by atoms with Crippen molar-refractivity contribution in [3.05, 3.63) is 29.8 Å². The normalized spacial score (nSPS) is 13.1. The lowest BCUT2D eigenvalue weighted by molar-refractivity contribution is -0.143. The Labute approximate surface area is 123 Å². The van der Waals surface area contributed by atoms with Crippen LogP contribution in [0, 0.1) is 0 Å². The lowest BCUT2D eigenvalue weighted by Gasteiger charge is -2.25. The number of hydrogen-bond acceptors (Lipinski definition) is 3. The number of Topliss-reactive ketones (excluding diaryl/α,β-unsaturated/α-hetero) is 1. The minimum Gasteiger partial charge on any atom is -0.480 e. The van der Waals surface area contributed by atoms with Crippen molar-refractivity contribution < 1.29 is 19.5 Å². The lowest BCUT2D eigenvalue weighted by Crippen LogP contribution is -2.53. The van der Waals surface area contributed by atoms with Crippen LogP contribution in [0.4, 0.5) is 10.5 Å². The van der Waals surface area contributed by atoms with Crippen molar-refractivity contribution in [1.29, 1.82) is 0 Å². The van der Waals surface area contributed by atoms with Crippen LogP contribution in [0.25, 0.3) is 0 Å². The van der Waals surface area contributed by atoms with E-state index in [-0.39, 0.29) is 5.78 Å². The molecule has 114 valence electrons. The van der Waals surface area contributed by atoms with Crippen molar-refractivity contribution in [3.63, 3.8) is 0 Å². The maximum absolute atomic E-state index is 11.9. The van der Waals surface area contributed by atoms with Crippen molar-refractivity contribution in [2.24, 2.45) is 0 Å².